The SMILES string of the molecule is Cc1sc(NC(=O)COc2ccc(Br)cc2F)c(C(N)=O)c1-c1ccccc1. The highest BCUT2D eigenvalue weighted by Crippen LogP contribution is 2.39. The second kappa shape index (κ2) is 8.53. The number of primary amides is 1. The topological polar surface area (TPSA) is 81.4 Å². The molecule has 5 nitrogen and oxygen atoms in total. The summed E-state index contributed by atoms with van der Waals surface area (Å²) in [5.74, 6) is -1.79. The van der Waals surface area contributed by atoms with E-state index in [2.05, 4.69) is 21.2 Å². The Morgan fingerprint density at radius 2 is 1.93 bits per heavy atom. The Balaban J connectivity index is 1.80. The number of benzene rings is 2. The van der Waals surface area contributed by atoms with Crippen LogP contribution in [0.4, 0.5) is 9.39 Å². The number of amides is 2. The average molecular weight is 463 g/mol. The zero-order valence-corrected chi connectivity index (χ0v) is 17.2. The van der Waals surface area contributed by atoms with Crippen LogP contribution in [0.2, 0.25) is 0 Å². The number of anilines is 1. The number of hydrogen-bond donors (Lipinski definition) is 2. The van der Waals surface area contributed by atoms with Gasteiger partial charge in [0.2, 0.25) is 0 Å². The first kappa shape index (κ1) is 20.0. The molecule has 0 atom stereocenters. The third-order valence-electron chi connectivity index (χ3n) is 3.90. The normalized spacial score (nSPS) is 10.5. The van der Waals surface area contributed by atoms with Crippen LogP contribution in [0.5, 0.6) is 5.75 Å². The zero-order chi connectivity index (χ0) is 20.3. The Morgan fingerprint density at radius 3 is 2.57 bits per heavy atom. The van der Waals surface area contributed by atoms with Gasteiger partial charge in [-0.2, -0.15) is 0 Å². The first-order valence-electron chi connectivity index (χ1n) is 8.23. The molecule has 0 saturated carbocycles. The van der Waals surface area contributed by atoms with E-state index in [9.17, 15) is 14.0 Å². The van der Waals surface area contributed by atoms with Crippen molar-refractivity contribution < 1.29 is 18.7 Å². The number of ether oxygens (including phenoxy) is 1. The van der Waals surface area contributed by atoms with E-state index in [1.807, 2.05) is 37.3 Å². The lowest BCUT2D eigenvalue weighted by Gasteiger charge is -2.09. The molecular formula is C20H16BrFN2O3S. The van der Waals surface area contributed by atoms with E-state index in [1.165, 1.54) is 23.5 Å². The Kier molecular flexibility index (Phi) is 6.11. The minimum absolute atomic E-state index is 0.0409. The zero-order valence-electron chi connectivity index (χ0n) is 14.8. The molecule has 0 unspecified atom stereocenters. The molecule has 0 spiro atoms. The second-order valence-corrected chi connectivity index (χ2v) is 8.02. The highest BCUT2D eigenvalue weighted by Gasteiger charge is 2.22. The van der Waals surface area contributed by atoms with Gasteiger partial charge in [0.25, 0.3) is 11.8 Å². The molecule has 3 N–H and O–H groups in total. The van der Waals surface area contributed by atoms with E-state index in [0.29, 0.717) is 15.0 Å². The number of carbonyl (C=O) groups is 2. The van der Waals surface area contributed by atoms with Gasteiger partial charge in [-0.05, 0) is 30.7 Å². The van der Waals surface area contributed by atoms with E-state index in [-0.39, 0.29) is 11.3 Å². The average Bonchev–Trinajstić information content (AvgIpc) is 2.97. The van der Waals surface area contributed by atoms with Gasteiger partial charge in [-0.1, -0.05) is 46.3 Å². The molecule has 28 heavy (non-hydrogen) atoms. The lowest BCUT2D eigenvalue weighted by molar-refractivity contribution is -0.118. The minimum atomic E-state index is -0.640. The molecule has 144 valence electrons. The lowest BCUT2D eigenvalue weighted by atomic mass is 10.0. The van der Waals surface area contributed by atoms with Crippen molar-refractivity contribution in [2.75, 3.05) is 11.9 Å². The van der Waals surface area contributed by atoms with Crippen LogP contribution in [0.15, 0.2) is 53.0 Å². The fourth-order valence-electron chi connectivity index (χ4n) is 2.72. The first-order valence-corrected chi connectivity index (χ1v) is 9.84. The van der Waals surface area contributed by atoms with Gasteiger partial charge < -0.3 is 15.8 Å². The molecule has 0 aliphatic carbocycles. The number of aryl methyl sites for hydroxylation is 1. The van der Waals surface area contributed by atoms with Gasteiger partial charge in [-0.25, -0.2) is 4.39 Å². The van der Waals surface area contributed by atoms with Crippen LogP contribution >= 0.6 is 27.3 Å². The summed E-state index contributed by atoms with van der Waals surface area (Å²) in [4.78, 5) is 25.2. The Labute approximate surface area is 173 Å². The van der Waals surface area contributed by atoms with Gasteiger partial charge >= 0.3 is 0 Å². The van der Waals surface area contributed by atoms with Gasteiger partial charge in [-0.15, -0.1) is 11.3 Å². The predicted molar refractivity (Wildman–Crippen MR) is 111 cm³/mol. The number of halogens is 2. The van der Waals surface area contributed by atoms with Crippen molar-refractivity contribution in [2.24, 2.45) is 5.73 Å². The van der Waals surface area contributed by atoms with Crippen LogP contribution in [0.3, 0.4) is 0 Å². The molecule has 0 bridgehead atoms. The van der Waals surface area contributed by atoms with Crippen molar-refractivity contribution in [3.8, 4) is 16.9 Å². The van der Waals surface area contributed by atoms with Crippen molar-refractivity contribution in [3.05, 3.63) is 69.3 Å². The minimum Gasteiger partial charge on any atom is -0.481 e. The van der Waals surface area contributed by atoms with Gasteiger partial charge in [0.1, 0.15) is 5.00 Å². The third-order valence-corrected chi connectivity index (χ3v) is 5.41. The molecule has 1 heterocycles. The summed E-state index contributed by atoms with van der Waals surface area (Å²) in [5, 5.41) is 2.99. The summed E-state index contributed by atoms with van der Waals surface area (Å²) in [7, 11) is 0. The third kappa shape index (κ3) is 4.40. The maximum absolute atomic E-state index is 13.8. The quantitative estimate of drug-likeness (QED) is 0.554. The summed E-state index contributed by atoms with van der Waals surface area (Å²) >= 11 is 4.40. The molecule has 0 saturated heterocycles. The Morgan fingerprint density at radius 1 is 1.21 bits per heavy atom. The van der Waals surface area contributed by atoms with E-state index in [0.717, 1.165) is 10.4 Å². The summed E-state index contributed by atoms with van der Waals surface area (Å²) in [6.07, 6.45) is 0. The van der Waals surface area contributed by atoms with Gasteiger partial charge in [0, 0.05) is 14.9 Å². The summed E-state index contributed by atoms with van der Waals surface area (Å²) in [6.45, 7) is 1.44. The molecule has 0 aliphatic rings. The first-order chi connectivity index (χ1) is 13.4. The largest absolute Gasteiger partial charge is 0.481 e. The number of carbonyl (C=O) groups excluding carboxylic acids is 2. The van der Waals surface area contributed by atoms with E-state index in [4.69, 9.17) is 10.5 Å². The maximum atomic E-state index is 13.8. The molecule has 2 amide bonds. The van der Waals surface area contributed by atoms with Gasteiger partial charge in [0.15, 0.2) is 18.2 Å². The van der Waals surface area contributed by atoms with Gasteiger partial charge in [-0.3, -0.25) is 9.59 Å². The summed E-state index contributed by atoms with van der Waals surface area (Å²) < 4.78 is 19.6. The Bertz CT molecular complexity index is 1040. The fraction of sp³-hybridized carbons (Fsp3) is 0.100. The molecule has 0 aliphatic heterocycles. The van der Waals surface area contributed by atoms with E-state index in [1.54, 1.807) is 6.07 Å². The van der Waals surface area contributed by atoms with Crippen molar-refractivity contribution in [1.82, 2.24) is 0 Å². The second-order valence-electron chi connectivity index (χ2n) is 5.88. The van der Waals surface area contributed by atoms with Crippen LogP contribution < -0.4 is 15.8 Å². The number of nitrogens with one attached hydrogen (secondary N) is 1. The molecule has 1 aromatic heterocycles. The number of thiophene rings is 1. The highest BCUT2D eigenvalue weighted by molar-refractivity contribution is 9.10. The summed E-state index contributed by atoms with van der Waals surface area (Å²) in [6, 6.07) is 13.6. The summed E-state index contributed by atoms with van der Waals surface area (Å²) in [5.41, 5.74) is 7.34. The smallest absolute Gasteiger partial charge is 0.262 e. The van der Waals surface area contributed by atoms with E-state index < -0.39 is 24.2 Å². The van der Waals surface area contributed by atoms with Crippen molar-refractivity contribution >= 4 is 44.1 Å². The Hall–Kier alpha value is -2.71. The molecule has 2 aromatic carbocycles. The lowest BCUT2D eigenvalue weighted by Crippen LogP contribution is -2.22. The standard InChI is InChI=1S/C20H16BrFN2O3S/c1-11-17(12-5-3-2-4-6-12)18(19(23)26)20(28-11)24-16(25)10-27-15-8-7-13(21)9-14(15)22/h2-9H,10H2,1H3,(H2,23,26)(H,24,25). The van der Waals surface area contributed by atoms with E-state index >= 15 is 0 Å². The fourth-order valence-corrected chi connectivity index (χ4v) is 4.15. The number of nitrogens with two attached hydrogens (primary N) is 1. The molecule has 8 heteroatoms. The molecular weight excluding hydrogens is 447 g/mol. The maximum Gasteiger partial charge on any atom is 0.262 e. The van der Waals surface area contributed by atoms with Crippen molar-refractivity contribution in [1.29, 1.82) is 0 Å². The highest BCUT2D eigenvalue weighted by atomic mass is 79.9. The number of hydrogen-bond acceptors (Lipinski definition) is 4. The van der Waals surface area contributed by atoms with Crippen molar-refractivity contribution in [2.45, 2.75) is 6.92 Å². The number of rotatable bonds is 6. The monoisotopic (exact) mass is 462 g/mol. The van der Waals surface area contributed by atoms with Crippen LogP contribution in [-0.4, -0.2) is 18.4 Å². The molecule has 0 fully saturated rings. The van der Waals surface area contributed by atoms with Crippen LogP contribution in [0, 0.1) is 12.7 Å². The van der Waals surface area contributed by atoms with Crippen LogP contribution in [0.1, 0.15) is 15.2 Å². The van der Waals surface area contributed by atoms with Crippen LogP contribution in [0.25, 0.3) is 11.1 Å². The molecule has 3 aromatic rings. The van der Waals surface area contributed by atoms with Gasteiger partial charge in [0.05, 0.1) is 5.56 Å². The predicted octanol–water partition coefficient (Wildman–Crippen LogP) is 4.74. The molecule has 3 rings (SSSR count). The molecule has 0 radical (unpaired) electrons. The van der Waals surface area contributed by atoms with Crippen LogP contribution in [-0.2, 0) is 4.79 Å². The van der Waals surface area contributed by atoms with Crippen molar-refractivity contribution in [3.63, 3.8) is 0 Å².